The second-order valence-corrected chi connectivity index (χ2v) is 9.45. The summed E-state index contributed by atoms with van der Waals surface area (Å²) in [6, 6.07) is 12.9. The number of hydrogen-bond donors (Lipinski definition) is 2. The van der Waals surface area contributed by atoms with E-state index < -0.39 is 0 Å². The molecule has 0 aliphatic rings. The van der Waals surface area contributed by atoms with Gasteiger partial charge < -0.3 is 19.9 Å². The highest BCUT2D eigenvalue weighted by Crippen LogP contribution is 2.41. The number of nitrogens with zero attached hydrogens (tertiary/aromatic N) is 1. The molecule has 4 aromatic rings. The average molecular weight is 502 g/mol. The number of hydrogen-bond acceptors (Lipinski definition) is 5. The van der Waals surface area contributed by atoms with Crippen LogP contribution in [0, 0.1) is 13.8 Å². The zero-order valence-electron chi connectivity index (χ0n) is 20.6. The Bertz CT molecular complexity index is 1550. The van der Waals surface area contributed by atoms with Crippen LogP contribution in [-0.4, -0.2) is 22.9 Å². The lowest BCUT2D eigenvalue weighted by Crippen LogP contribution is -2.21. The van der Waals surface area contributed by atoms with E-state index >= 15 is 0 Å². The Morgan fingerprint density at radius 2 is 1.83 bits per heavy atom. The summed E-state index contributed by atoms with van der Waals surface area (Å²) in [6.45, 7) is 9.79. The molecule has 0 aliphatic heterocycles. The van der Waals surface area contributed by atoms with Gasteiger partial charge in [0.15, 0.2) is 0 Å². The van der Waals surface area contributed by atoms with Crippen LogP contribution in [0.2, 0.25) is 0 Å². The fraction of sp³-hybridized carbons (Fsp3) is 0.179. The van der Waals surface area contributed by atoms with Crippen LogP contribution in [0.5, 0.6) is 11.5 Å². The molecule has 0 unspecified atom stereocenters. The third kappa shape index (κ3) is 4.81. The van der Waals surface area contributed by atoms with Crippen LogP contribution in [0.15, 0.2) is 66.1 Å². The SMILES string of the molecule is C=CC(=O)Nc1ccc(Oc2c(C)cccc2C)c(-c2cn(C)c(=O)c3cc(C(=O)NCC)sc23)c1. The Morgan fingerprint density at radius 3 is 2.50 bits per heavy atom. The molecule has 0 radical (unpaired) electrons. The normalized spacial score (nSPS) is 10.8. The highest BCUT2D eigenvalue weighted by atomic mass is 32.1. The predicted octanol–water partition coefficient (Wildman–Crippen LogP) is 5.55. The van der Waals surface area contributed by atoms with Gasteiger partial charge in [-0.05, 0) is 62.2 Å². The number of fused-ring (bicyclic) bond motifs is 1. The molecule has 4 rings (SSSR count). The fourth-order valence-electron chi connectivity index (χ4n) is 3.97. The third-order valence-corrected chi connectivity index (χ3v) is 6.92. The lowest BCUT2D eigenvalue weighted by Gasteiger charge is -2.17. The Hall–Kier alpha value is -4.17. The van der Waals surface area contributed by atoms with Crippen molar-refractivity contribution in [2.75, 3.05) is 11.9 Å². The van der Waals surface area contributed by atoms with Crippen molar-refractivity contribution in [3.63, 3.8) is 0 Å². The van der Waals surface area contributed by atoms with Gasteiger partial charge in [0.1, 0.15) is 11.5 Å². The molecule has 8 heteroatoms. The van der Waals surface area contributed by atoms with Crippen molar-refractivity contribution in [2.45, 2.75) is 20.8 Å². The van der Waals surface area contributed by atoms with Gasteiger partial charge in [0.05, 0.1) is 15.0 Å². The fourth-order valence-corrected chi connectivity index (χ4v) is 5.06. The van der Waals surface area contributed by atoms with E-state index in [0.29, 0.717) is 44.1 Å². The summed E-state index contributed by atoms with van der Waals surface area (Å²) in [5.74, 6) is 0.712. The number of carbonyl (C=O) groups excluding carboxylic acids is 2. The third-order valence-electron chi connectivity index (χ3n) is 5.75. The molecule has 0 spiro atoms. The van der Waals surface area contributed by atoms with Gasteiger partial charge in [0, 0.05) is 36.6 Å². The second-order valence-electron chi connectivity index (χ2n) is 8.40. The van der Waals surface area contributed by atoms with E-state index in [-0.39, 0.29) is 17.4 Å². The molecule has 0 atom stereocenters. The molecular formula is C28H27N3O4S. The number of rotatable bonds is 7. The van der Waals surface area contributed by atoms with E-state index in [1.807, 2.05) is 39.0 Å². The van der Waals surface area contributed by atoms with Gasteiger partial charge in [-0.1, -0.05) is 24.8 Å². The summed E-state index contributed by atoms with van der Waals surface area (Å²) >= 11 is 1.25. The summed E-state index contributed by atoms with van der Waals surface area (Å²) in [5, 5.41) is 6.02. The summed E-state index contributed by atoms with van der Waals surface area (Å²) in [5.41, 5.74) is 3.68. The molecule has 0 fully saturated rings. The number of anilines is 1. The molecule has 2 amide bonds. The van der Waals surface area contributed by atoms with Crippen LogP contribution in [0.4, 0.5) is 5.69 Å². The van der Waals surface area contributed by atoms with E-state index in [2.05, 4.69) is 17.2 Å². The minimum atomic E-state index is -0.343. The minimum absolute atomic E-state index is 0.200. The molecule has 36 heavy (non-hydrogen) atoms. The number of pyridine rings is 1. The number of amides is 2. The summed E-state index contributed by atoms with van der Waals surface area (Å²) in [7, 11) is 1.67. The molecular weight excluding hydrogens is 474 g/mol. The first-order valence-electron chi connectivity index (χ1n) is 11.5. The Balaban J connectivity index is 1.97. The smallest absolute Gasteiger partial charge is 0.261 e. The maximum Gasteiger partial charge on any atom is 0.261 e. The lowest BCUT2D eigenvalue weighted by molar-refractivity contribution is -0.111. The number of carbonyl (C=O) groups is 2. The van der Waals surface area contributed by atoms with Gasteiger partial charge in [-0.25, -0.2) is 0 Å². The van der Waals surface area contributed by atoms with Crippen LogP contribution < -0.4 is 20.9 Å². The van der Waals surface area contributed by atoms with Crippen LogP contribution in [-0.2, 0) is 11.8 Å². The summed E-state index contributed by atoms with van der Waals surface area (Å²) < 4.78 is 8.58. The number of thiophene rings is 1. The monoisotopic (exact) mass is 501 g/mol. The van der Waals surface area contributed by atoms with Crippen molar-refractivity contribution in [3.05, 3.63) is 87.7 Å². The number of benzene rings is 2. The first-order chi connectivity index (χ1) is 17.2. The summed E-state index contributed by atoms with van der Waals surface area (Å²) in [6.07, 6.45) is 2.93. The maximum atomic E-state index is 13.0. The van der Waals surface area contributed by atoms with Gasteiger partial charge in [-0.3, -0.25) is 14.4 Å². The quantitative estimate of drug-likeness (QED) is 0.325. The molecule has 184 valence electrons. The number of ether oxygens (including phenoxy) is 1. The highest BCUT2D eigenvalue weighted by Gasteiger charge is 2.20. The molecule has 2 heterocycles. The number of aromatic nitrogens is 1. The molecule has 7 nitrogen and oxygen atoms in total. The Morgan fingerprint density at radius 1 is 1.11 bits per heavy atom. The molecule has 0 bridgehead atoms. The van der Waals surface area contributed by atoms with Gasteiger partial charge in [-0.15, -0.1) is 11.3 Å². The zero-order valence-corrected chi connectivity index (χ0v) is 21.4. The van der Waals surface area contributed by atoms with Crippen molar-refractivity contribution in [3.8, 4) is 22.6 Å². The van der Waals surface area contributed by atoms with Crippen molar-refractivity contribution in [2.24, 2.45) is 7.05 Å². The minimum Gasteiger partial charge on any atom is -0.456 e. The standard InChI is InChI=1S/C28H27N3O4S/c1-6-24(32)30-18-11-12-22(35-25-16(3)9-8-10-17(25)4)19(13-18)21-15-31(5)28(34)20-14-23(36-26(20)21)27(33)29-7-2/h6,8-15H,1,7H2,2-5H3,(H,29,33)(H,30,32). The first-order valence-corrected chi connectivity index (χ1v) is 12.3. The van der Waals surface area contributed by atoms with Crippen molar-refractivity contribution in [1.29, 1.82) is 0 Å². The lowest BCUT2D eigenvalue weighted by atomic mass is 10.0. The predicted molar refractivity (Wildman–Crippen MR) is 145 cm³/mol. The zero-order chi connectivity index (χ0) is 26.0. The van der Waals surface area contributed by atoms with Crippen molar-refractivity contribution < 1.29 is 14.3 Å². The van der Waals surface area contributed by atoms with Crippen LogP contribution in [0.1, 0.15) is 27.7 Å². The molecule has 0 saturated carbocycles. The first kappa shape index (κ1) is 24.9. The van der Waals surface area contributed by atoms with Crippen molar-refractivity contribution in [1.82, 2.24) is 9.88 Å². The summed E-state index contributed by atoms with van der Waals surface area (Å²) in [4.78, 5) is 38.0. The number of para-hydroxylation sites is 1. The number of aryl methyl sites for hydroxylation is 3. The van der Waals surface area contributed by atoms with E-state index in [0.717, 1.165) is 16.9 Å². The van der Waals surface area contributed by atoms with Crippen molar-refractivity contribution >= 4 is 38.9 Å². The van der Waals surface area contributed by atoms with Gasteiger partial charge in [-0.2, -0.15) is 0 Å². The molecule has 2 aromatic heterocycles. The van der Waals surface area contributed by atoms with E-state index in [4.69, 9.17) is 4.74 Å². The highest BCUT2D eigenvalue weighted by molar-refractivity contribution is 7.21. The average Bonchev–Trinajstić information content (AvgIpc) is 3.30. The molecule has 2 N–H and O–H groups in total. The van der Waals surface area contributed by atoms with Gasteiger partial charge >= 0.3 is 0 Å². The van der Waals surface area contributed by atoms with Gasteiger partial charge in [0.2, 0.25) is 5.91 Å². The Kier molecular flexibility index (Phi) is 7.07. The maximum absolute atomic E-state index is 13.0. The van der Waals surface area contributed by atoms with E-state index in [9.17, 15) is 14.4 Å². The topological polar surface area (TPSA) is 89.4 Å². The molecule has 0 aliphatic carbocycles. The number of nitrogens with one attached hydrogen (secondary N) is 2. The van der Waals surface area contributed by atoms with E-state index in [1.54, 1.807) is 37.5 Å². The van der Waals surface area contributed by atoms with Crippen LogP contribution >= 0.6 is 11.3 Å². The largest absolute Gasteiger partial charge is 0.456 e. The Labute approximate surface area is 213 Å². The molecule has 0 saturated heterocycles. The van der Waals surface area contributed by atoms with E-state index in [1.165, 1.54) is 22.0 Å². The van der Waals surface area contributed by atoms with Gasteiger partial charge in [0.25, 0.3) is 11.5 Å². The second kappa shape index (κ2) is 10.2. The molecule has 2 aromatic carbocycles. The van der Waals surface area contributed by atoms with Crippen LogP contribution in [0.3, 0.4) is 0 Å². The van der Waals surface area contributed by atoms with Crippen LogP contribution in [0.25, 0.3) is 21.2 Å².